The Balaban J connectivity index is 0.000000177. The van der Waals surface area contributed by atoms with Gasteiger partial charge in [0.25, 0.3) is 0 Å². The van der Waals surface area contributed by atoms with Crippen LogP contribution in [-0.2, 0) is 11.3 Å². The number of benzene rings is 3. The summed E-state index contributed by atoms with van der Waals surface area (Å²) in [5.41, 5.74) is 1.14. The minimum Gasteiger partial charge on any atom is -0.457 e. The van der Waals surface area contributed by atoms with Gasteiger partial charge in [-0.15, -0.1) is 0 Å². The normalized spacial score (nSPS) is 9.71. The molecule has 0 atom stereocenters. The highest BCUT2D eigenvalue weighted by Gasteiger charge is 1.92. The molecule has 3 aromatic rings. The van der Waals surface area contributed by atoms with E-state index in [0.29, 0.717) is 13.2 Å². The Hall–Kier alpha value is -2.62. The van der Waals surface area contributed by atoms with E-state index in [9.17, 15) is 0 Å². The summed E-state index contributed by atoms with van der Waals surface area (Å²) in [4.78, 5) is 0. The summed E-state index contributed by atoms with van der Waals surface area (Å²) >= 11 is 0. The molecule has 0 heterocycles. The van der Waals surface area contributed by atoms with E-state index in [1.54, 1.807) is 0 Å². The van der Waals surface area contributed by atoms with Crippen LogP contribution in [0.5, 0.6) is 11.5 Å². The lowest BCUT2D eigenvalue weighted by Crippen LogP contribution is -1.98. The van der Waals surface area contributed by atoms with Crippen molar-refractivity contribution in [2.45, 2.75) is 6.61 Å². The van der Waals surface area contributed by atoms with E-state index in [4.69, 9.17) is 14.6 Å². The van der Waals surface area contributed by atoms with Crippen LogP contribution in [0.2, 0.25) is 0 Å². The number of hydrogen-bond acceptors (Lipinski definition) is 3. The molecule has 124 valence electrons. The first kappa shape index (κ1) is 17.7. The largest absolute Gasteiger partial charge is 0.457 e. The molecule has 3 rings (SSSR count). The second kappa shape index (κ2) is 11.0. The van der Waals surface area contributed by atoms with Crippen molar-refractivity contribution in [3.05, 3.63) is 96.6 Å². The molecule has 3 nitrogen and oxygen atoms in total. The Kier molecular flexibility index (Phi) is 8.13. The van der Waals surface area contributed by atoms with Crippen LogP contribution in [0.3, 0.4) is 0 Å². The zero-order valence-corrected chi connectivity index (χ0v) is 13.5. The van der Waals surface area contributed by atoms with E-state index < -0.39 is 0 Å². The van der Waals surface area contributed by atoms with Gasteiger partial charge in [0, 0.05) is 0 Å². The number of aliphatic hydroxyl groups excluding tert-OH is 1. The van der Waals surface area contributed by atoms with Crippen molar-refractivity contribution in [3.8, 4) is 11.5 Å². The van der Waals surface area contributed by atoms with Gasteiger partial charge < -0.3 is 14.6 Å². The number of para-hydroxylation sites is 2. The fourth-order valence-electron chi connectivity index (χ4n) is 1.94. The van der Waals surface area contributed by atoms with E-state index in [2.05, 4.69) is 0 Å². The van der Waals surface area contributed by atoms with E-state index in [0.717, 1.165) is 17.1 Å². The zero-order chi connectivity index (χ0) is 16.9. The summed E-state index contributed by atoms with van der Waals surface area (Å²) in [6, 6.07) is 29.4. The van der Waals surface area contributed by atoms with Crippen LogP contribution in [0.1, 0.15) is 5.56 Å². The van der Waals surface area contributed by atoms with Gasteiger partial charge in [0.1, 0.15) is 11.5 Å². The number of hydrogen-bond donors (Lipinski definition) is 1. The average molecular weight is 322 g/mol. The van der Waals surface area contributed by atoms with Crippen molar-refractivity contribution < 1.29 is 14.6 Å². The number of aliphatic hydroxyl groups is 1. The molecular formula is C21H22O3. The second-order valence-corrected chi connectivity index (χ2v) is 4.99. The molecule has 0 aliphatic carbocycles. The maximum atomic E-state index is 8.42. The van der Waals surface area contributed by atoms with E-state index in [1.807, 2.05) is 91.0 Å². The summed E-state index contributed by atoms with van der Waals surface area (Å²) in [7, 11) is 0. The molecule has 0 unspecified atom stereocenters. The van der Waals surface area contributed by atoms with E-state index in [1.165, 1.54) is 0 Å². The van der Waals surface area contributed by atoms with Crippen LogP contribution >= 0.6 is 0 Å². The lowest BCUT2D eigenvalue weighted by Gasteiger charge is -2.03. The van der Waals surface area contributed by atoms with Gasteiger partial charge in [-0.3, -0.25) is 0 Å². The molecule has 1 N–H and O–H groups in total. The van der Waals surface area contributed by atoms with E-state index >= 15 is 0 Å². The standard InChI is InChI=1S/C12H10O.C9H12O2/c1-3-7-11(8-4-1)13-12-9-5-2-6-10-12;10-6-7-11-8-9-4-2-1-3-5-9/h1-10H;1-5,10H,6-8H2. The highest BCUT2D eigenvalue weighted by molar-refractivity contribution is 5.30. The van der Waals surface area contributed by atoms with Gasteiger partial charge in [-0.1, -0.05) is 66.7 Å². The first-order valence-electron chi connectivity index (χ1n) is 7.89. The maximum absolute atomic E-state index is 8.42. The summed E-state index contributed by atoms with van der Waals surface area (Å²) in [5, 5.41) is 8.42. The second-order valence-electron chi connectivity index (χ2n) is 4.99. The summed E-state index contributed by atoms with van der Waals surface area (Å²) in [5.74, 6) is 1.74. The van der Waals surface area contributed by atoms with Gasteiger partial charge in [0.15, 0.2) is 0 Å². The predicted octanol–water partition coefficient (Wildman–Crippen LogP) is 4.67. The molecule has 0 aromatic heterocycles. The fraction of sp³-hybridized carbons (Fsp3) is 0.143. The van der Waals surface area contributed by atoms with Crippen LogP contribution in [0.4, 0.5) is 0 Å². The van der Waals surface area contributed by atoms with Gasteiger partial charge in [-0.25, -0.2) is 0 Å². The average Bonchev–Trinajstić information content (AvgIpc) is 2.65. The van der Waals surface area contributed by atoms with Gasteiger partial charge in [0.05, 0.1) is 19.8 Å². The molecule has 3 heteroatoms. The lowest BCUT2D eigenvalue weighted by atomic mass is 10.2. The topological polar surface area (TPSA) is 38.7 Å². The molecule has 0 saturated carbocycles. The van der Waals surface area contributed by atoms with Gasteiger partial charge in [-0.05, 0) is 29.8 Å². The monoisotopic (exact) mass is 322 g/mol. The van der Waals surface area contributed by atoms with Crippen LogP contribution < -0.4 is 4.74 Å². The van der Waals surface area contributed by atoms with Crippen molar-refractivity contribution >= 4 is 0 Å². The molecule has 3 aromatic carbocycles. The van der Waals surface area contributed by atoms with Crippen LogP contribution in [0.15, 0.2) is 91.0 Å². The van der Waals surface area contributed by atoms with Gasteiger partial charge in [-0.2, -0.15) is 0 Å². The molecule has 0 aliphatic rings. The molecule has 0 radical (unpaired) electrons. The summed E-state index contributed by atoms with van der Waals surface area (Å²) in [6.07, 6.45) is 0. The van der Waals surface area contributed by atoms with Crippen molar-refractivity contribution in [2.75, 3.05) is 13.2 Å². The summed E-state index contributed by atoms with van der Waals surface area (Å²) < 4.78 is 10.7. The Bertz CT molecular complexity index is 617. The molecule has 24 heavy (non-hydrogen) atoms. The van der Waals surface area contributed by atoms with Crippen LogP contribution in [0.25, 0.3) is 0 Å². The molecule has 0 spiro atoms. The number of rotatable bonds is 6. The third-order valence-corrected chi connectivity index (χ3v) is 3.07. The number of ether oxygens (including phenoxy) is 2. The Morgan fingerprint density at radius 2 is 1.08 bits per heavy atom. The Morgan fingerprint density at radius 1 is 0.625 bits per heavy atom. The Labute approximate surface area is 143 Å². The first-order valence-corrected chi connectivity index (χ1v) is 7.89. The van der Waals surface area contributed by atoms with Crippen molar-refractivity contribution in [3.63, 3.8) is 0 Å². The highest BCUT2D eigenvalue weighted by Crippen LogP contribution is 2.19. The first-order chi connectivity index (χ1) is 11.9. The SMILES string of the molecule is OCCOCc1ccccc1.c1ccc(Oc2ccccc2)cc1. The molecular weight excluding hydrogens is 300 g/mol. The molecule has 0 aliphatic heterocycles. The molecule has 0 saturated heterocycles. The lowest BCUT2D eigenvalue weighted by molar-refractivity contribution is 0.0815. The quantitative estimate of drug-likeness (QED) is 0.670. The van der Waals surface area contributed by atoms with Crippen molar-refractivity contribution in [1.29, 1.82) is 0 Å². The predicted molar refractivity (Wildman–Crippen MR) is 96.1 cm³/mol. The minimum absolute atomic E-state index is 0.0901. The van der Waals surface area contributed by atoms with Crippen LogP contribution in [-0.4, -0.2) is 18.3 Å². The third kappa shape index (κ3) is 7.09. The zero-order valence-electron chi connectivity index (χ0n) is 13.5. The fourth-order valence-corrected chi connectivity index (χ4v) is 1.94. The van der Waals surface area contributed by atoms with Gasteiger partial charge >= 0.3 is 0 Å². The summed E-state index contributed by atoms with van der Waals surface area (Å²) in [6.45, 7) is 1.09. The van der Waals surface area contributed by atoms with Crippen molar-refractivity contribution in [1.82, 2.24) is 0 Å². The minimum atomic E-state index is 0.0901. The maximum Gasteiger partial charge on any atom is 0.127 e. The van der Waals surface area contributed by atoms with E-state index in [-0.39, 0.29) is 6.61 Å². The van der Waals surface area contributed by atoms with Gasteiger partial charge in [0.2, 0.25) is 0 Å². The highest BCUT2D eigenvalue weighted by atomic mass is 16.5. The molecule has 0 fully saturated rings. The smallest absolute Gasteiger partial charge is 0.127 e. The van der Waals surface area contributed by atoms with Crippen LogP contribution in [0, 0.1) is 0 Å². The molecule has 0 amide bonds. The Morgan fingerprint density at radius 3 is 1.54 bits per heavy atom. The molecule has 0 bridgehead atoms. The third-order valence-electron chi connectivity index (χ3n) is 3.07. The van der Waals surface area contributed by atoms with Crippen molar-refractivity contribution in [2.24, 2.45) is 0 Å².